The predicted octanol–water partition coefficient (Wildman–Crippen LogP) is 6.94. The zero-order valence-electron chi connectivity index (χ0n) is 35.9. The first-order chi connectivity index (χ1) is 26.7. The van der Waals surface area contributed by atoms with E-state index in [1.165, 1.54) is 30.7 Å². The van der Waals surface area contributed by atoms with Crippen LogP contribution in [0.3, 0.4) is 0 Å². The number of hydrogen-bond acceptors (Lipinski definition) is 7. The lowest BCUT2D eigenvalue weighted by Crippen LogP contribution is -2.44. The van der Waals surface area contributed by atoms with Crippen molar-refractivity contribution in [2.75, 3.05) is 47.3 Å². The van der Waals surface area contributed by atoms with Gasteiger partial charge in [-0.2, -0.15) is 0 Å². The van der Waals surface area contributed by atoms with E-state index >= 15 is 0 Å². The number of amides is 3. The maximum Gasteiger partial charge on any atom is 0.252 e. The van der Waals surface area contributed by atoms with Gasteiger partial charge in [-0.05, 0) is 100 Å². The highest BCUT2D eigenvalue weighted by atomic mass is 19.1. The first-order valence-electron chi connectivity index (χ1n) is 20.3. The lowest BCUT2D eigenvalue weighted by Gasteiger charge is -2.26. The van der Waals surface area contributed by atoms with Gasteiger partial charge >= 0.3 is 0 Å². The summed E-state index contributed by atoms with van der Waals surface area (Å²) >= 11 is 0. The molecule has 11 heteroatoms. The second-order valence-electron chi connectivity index (χ2n) is 14.9. The zero-order chi connectivity index (χ0) is 42.2. The van der Waals surface area contributed by atoms with E-state index < -0.39 is 6.04 Å². The molecule has 2 aromatic carbocycles. The summed E-state index contributed by atoms with van der Waals surface area (Å²) in [6.45, 7) is 16.5. The van der Waals surface area contributed by atoms with Gasteiger partial charge in [0.2, 0.25) is 11.8 Å². The fourth-order valence-corrected chi connectivity index (χ4v) is 5.12. The highest BCUT2D eigenvalue weighted by Gasteiger charge is 2.16. The Morgan fingerprint density at radius 2 is 1.29 bits per heavy atom. The van der Waals surface area contributed by atoms with Crippen molar-refractivity contribution in [3.8, 4) is 0 Å². The second kappa shape index (κ2) is 32.0. The van der Waals surface area contributed by atoms with Crippen LogP contribution < -0.4 is 27.0 Å². The van der Waals surface area contributed by atoms with Gasteiger partial charge in [0.1, 0.15) is 5.82 Å². The number of carbonyl (C=O) groups excluding carboxylic acids is 3. The normalized spacial score (nSPS) is 11.6. The van der Waals surface area contributed by atoms with Gasteiger partial charge in [-0.3, -0.25) is 19.4 Å². The summed E-state index contributed by atoms with van der Waals surface area (Å²) in [6.07, 6.45) is 11.9. The van der Waals surface area contributed by atoms with Crippen molar-refractivity contribution in [1.82, 2.24) is 31.2 Å². The van der Waals surface area contributed by atoms with E-state index in [4.69, 9.17) is 5.73 Å². The van der Waals surface area contributed by atoms with Crippen LogP contribution in [0.4, 0.5) is 4.39 Å². The van der Waals surface area contributed by atoms with E-state index in [9.17, 15) is 18.8 Å². The number of unbranched alkanes of at least 4 members (excludes halogenated alkanes) is 3. The summed E-state index contributed by atoms with van der Waals surface area (Å²) < 4.78 is 12.7. The molecule has 0 bridgehead atoms. The smallest absolute Gasteiger partial charge is 0.252 e. The molecular formula is C45H74FN7O3. The van der Waals surface area contributed by atoms with Crippen molar-refractivity contribution in [3.05, 3.63) is 102 Å². The number of nitrogens with one attached hydrogen (secondary N) is 4. The Hall–Kier alpha value is -4.19. The maximum absolute atomic E-state index is 12.7. The fraction of sp³-hybridized carbons (Fsp3) is 0.556. The standard InChI is InChI=1S/C14H22N2O.C13H19FN2O.C10H14N2O.C8H19N/c1-3-4-10-16-14(17)13(15-2)11-12-8-6-5-7-9-12;1-2-3-8-16-13(17)12(15)9-10-4-6-11(14)7-5-10;1-2-3-7-12-10(13)9-5-4-6-11-8-9;1-6-8(2,3)7-9(4)5/h5-9,13,15H,3-4,10-11H2,1-2H3,(H,16,17);4-7,12H,2-3,8-9,15H2,1H3,(H,16,17);4-6,8H,2-3,7H2,1H3,(H,12,13);6-7H2,1-5H3/t13-;12-;;/m00../s1. The average molecular weight is 780 g/mol. The summed E-state index contributed by atoms with van der Waals surface area (Å²) in [7, 11) is 6.07. The maximum atomic E-state index is 12.7. The number of halogens is 1. The van der Waals surface area contributed by atoms with Gasteiger partial charge in [-0.1, -0.05) is 103 Å². The number of rotatable bonds is 20. The van der Waals surface area contributed by atoms with Crippen molar-refractivity contribution in [1.29, 1.82) is 0 Å². The Labute approximate surface area is 338 Å². The van der Waals surface area contributed by atoms with Crippen molar-refractivity contribution in [2.24, 2.45) is 11.1 Å². The van der Waals surface area contributed by atoms with Gasteiger partial charge in [0.15, 0.2) is 0 Å². The van der Waals surface area contributed by atoms with Crippen LogP contribution in [0, 0.1) is 11.2 Å². The van der Waals surface area contributed by atoms with Gasteiger partial charge in [0.25, 0.3) is 5.91 Å². The van der Waals surface area contributed by atoms with E-state index in [0.29, 0.717) is 23.9 Å². The van der Waals surface area contributed by atoms with Crippen LogP contribution in [0.2, 0.25) is 0 Å². The third-order valence-electron chi connectivity index (χ3n) is 8.75. The number of pyridine rings is 1. The topological polar surface area (TPSA) is 141 Å². The quantitative estimate of drug-likeness (QED) is 0.0783. The summed E-state index contributed by atoms with van der Waals surface area (Å²) in [5, 5.41) is 11.6. The van der Waals surface area contributed by atoms with Crippen LogP contribution in [-0.4, -0.2) is 87.0 Å². The third kappa shape index (κ3) is 26.6. The molecule has 6 N–H and O–H groups in total. The average Bonchev–Trinajstić information content (AvgIpc) is 3.19. The Bertz CT molecular complexity index is 1420. The molecule has 0 saturated carbocycles. The van der Waals surface area contributed by atoms with E-state index in [0.717, 1.165) is 63.6 Å². The number of carbonyl (C=O) groups is 3. The number of benzene rings is 2. The minimum atomic E-state index is -0.572. The molecule has 0 spiro atoms. The van der Waals surface area contributed by atoms with Crippen molar-refractivity contribution >= 4 is 17.7 Å². The molecule has 0 aliphatic heterocycles. The van der Waals surface area contributed by atoms with Crippen molar-refractivity contribution < 1.29 is 18.8 Å². The van der Waals surface area contributed by atoms with Crippen LogP contribution in [-0.2, 0) is 22.4 Å². The summed E-state index contributed by atoms with van der Waals surface area (Å²) in [4.78, 5) is 40.9. The lowest BCUT2D eigenvalue weighted by molar-refractivity contribution is -0.123. The van der Waals surface area contributed by atoms with Gasteiger partial charge < -0.3 is 31.9 Å². The molecule has 0 aliphatic rings. The molecule has 0 aliphatic carbocycles. The summed E-state index contributed by atoms with van der Waals surface area (Å²) in [5.74, 6) is -0.385. The minimum Gasteiger partial charge on any atom is -0.355 e. The van der Waals surface area contributed by atoms with Crippen LogP contribution in [0.15, 0.2) is 79.1 Å². The molecule has 3 rings (SSSR count). The van der Waals surface area contributed by atoms with Crippen LogP contribution >= 0.6 is 0 Å². The Balaban J connectivity index is 0.000000739. The van der Waals surface area contributed by atoms with Crippen molar-refractivity contribution in [2.45, 2.75) is 111 Å². The van der Waals surface area contributed by atoms with Crippen molar-refractivity contribution in [3.63, 3.8) is 0 Å². The highest BCUT2D eigenvalue weighted by molar-refractivity contribution is 5.93. The SMILES string of the molecule is CCC(C)(C)CN(C)C.CCCCNC(=O)[C@@H](N)Cc1ccc(F)cc1.CCCCNC(=O)[C@H](Cc1ccccc1)NC.CCCCNC(=O)c1cccnc1. The lowest BCUT2D eigenvalue weighted by atomic mass is 9.90. The molecule has 2 atom stereocenters. The third-order valence-corrected chi connectivity index (χ3v) is 8.75. The van der Waals surface area contributed by atoms with Gasteiger partial charge in [-0.15, -0.1) is 0 Å². The fourth-order valence-electron chi connectivity index (χ4n) is 5.12. The summed E-state index contributed by atoms with van der Waals surface area (Å²) in [6, 6.07) is 18.9. The zero-order valence-corrected chi connectivity index (χ0v) is 35.9. The molecule has 0 unspecified atom stereocenters. The molecule has 0 fully saturated rings. The first kappa shape index (κ1) is 51.8. The van der Waals surface area contributed by atoms with E-state index in [1.54, 1.807) is 36.7 Å². The number of nitrogens with zero attached hydrogens (tertiary/aromatic N) is 2. The molecule has 1 heterocycles. The second-order valence-corrected chi connectivity index (χ2v) is 14.9. The molecule has 3 aromatic rings. The molecule has 3 amide bonds. The molecule has 1 aromatic heterocycles. The first-order valence-corrected chi connectivity index (χ1v) is 20.3. The van der Waals surface area contributed by atoms with Crippen LogP contribution in [0.5, 0.6) is 0 Å². The van der Waals surface area contributed by atoms with E-state index in [2.05, 4.69) is 86.8 Å². The van der Waals surface area contributed by atoms with Gasteiger partial charge in [-0.25, -0.2) is 4.39 Å². The number of aromatic nitrogens is 1. The van der Waals surface area contributed by atoms with E-state index in [-0.39, 0.29) is 29.6 Å². The Kier molecular flexibility index (Phi) is 29.6. The Morgan fingerprint density at radius 3 is 1.75 bits per heavy atom. The molecule has 0 radical (unpaired) electrons. The molecule has 10 nitrogen and oxygen atoms in total. The van der Waals surface area contributed by atoms with E-state index in [1.807, 2.05) is 37.4 Å². The molecule has 0 saturated heterocycles. The molecule has 314 valence electrons. The van der Waals surface area contributed by atoms with Gasteiger partial charge in [0, 0.05) is 38.6 Å². The van der Waals surface area contributed by atoms with Crippen LogP contribution in [0.1, 0.15) is 108 Å². The molecular weight excluding hydrogens is 706 g/mol. The Morgan fingerprint density at radius 1 is 0.750 bits per heavy atom. The monoisotopic (exact) mass is 780 g/mol. The number of hydrogen-bond donors (Lipinski definition) is 5. The predicted molar refractivity (Wildman–Crippen MR) is 231 cm³/mol. The molecule has 56 heavy (non-hydrogen) atoms. The highest BCUT2D eigenvalue weighted by Crippen LogP contribution is 2.19. The number of nitrogens with two attached hydrogens (primary N) is 1. The van der Waals surface area contributed by atoms with Gasteiger partial charge in [0.05, 0.1) is 17.6 Å². The largest absolute Gasteiger partial charge is 0.355 e. The number of likely N-dealkylation sites (N-methyl/N-ethyl adjacent to an activating group) is 1. The minimum absolute atomic E-state index is 0.0402. The van der Waals surface area contributed by atoms with Crippen LogP contribution in [0.25, 0.3) is 0 Å². The summed E-state index contributed by atoms with van der Waals surface area (Å²) in [5.41, 5.74) is 8.92.